The van der Waals surface area contributed by atoms with Gasteiger partial charge in [0.2, 0.25) is 0 Å². The van der Waals surface area contributed by atoms with E-state index in [0.717, 1.165) is 6.42 Å². The molecule has 0 radical (unpaired) electrons. The fraction of sp³-hybridized carbons (Fsp3) is 1.00. The Kier molecular flexibility index (Phi) is 3.93. The number of rotatable bonds is 3. The first-order valence-corrected chi connectivity index (χ1v) is 5.58. The second-order valence-corrected chi connectivity index (χ2v) is 5.24. The van der Waals surface area contributed by atoms with Crippen LogP contribution in [-0.2, 0) is 0 Å². The van der Waals surface area contributed by atoms with Gasteiger partial charge < -0.3 is 10.8 Å². The lowest BCUT2D eigenvalue weighted by Gasteiger charge is -2.38. The topological polar surface area (TPSA) is 49.5 Å². The van der Waals surface area contributed by atoms with Gasteiger partial charge in [-0.2, -0.15) is 0 Å². The molecule has 3 nitrogen and oxygen atoms in total. The van der Waals surface area contributed by atoms with Crippen LogP contribution in [0, 0.1) is 0 Å². The Morgan fingerprint density at radius 1 is 1.36 bits per heavy atom. The quantitative estimate of drug-likeness (QED) is 0.713. The van der Waals surface area contributed by atoms with Crippen molar-refractivity contribution in [3.8, 4) is 0 Å². The third-order valence-electron chi connectivity index (χ3n) is 2.98. The number of likely N-dealkylation sites (N-methyl/N-ethyl adjacent to an activating group) is 1. The Hall–Kier alpha value is -0.120. The van der Waals surface area contributed by atoms with E-state index in [4.69, 9.17) is 5.73 Å². The molecule has 0 saturated heterocycles. The van der Waals surface area contributed by atoms with E-state index >= 15 is 0 Å². The number of nitrogens with two attached hydrogens (primary N) is 1. The molecule has 0 amide bonds. The summed E-state index contributed by atoms with van der Waals surface area (Å²) >= 11 is 0. The van der Waals surface area contributed by atoms with Gasteiger partial charge in [-0.05, 0) is 33.7 Å². The smallest absolute Gasteiger partial charge is 0.0718 e. The van der Waals surface area contributed by atoms with Gasteiger partial charge in [-0.25, -0.2) is 0 Å². The fourth-order valence-electron chi connectivity index (χ4n) is 2.41. The van der Waals surface area contributed by atoms with Crippen LogP contribution in [0.15, 0.2) is 0 Å². The molecule has 84 valence electrons. The van der Waals surface area contributed by atoms with E-state index in [1.165, 1.54) is 19.3 Å². The highest BCUT2D eigenvalue weighted by atomic mass is 16.3. The predicted octanol–water partition coefficient (Wildman–Crippen LogP) is 0.959. The van der Waals surface area contributed by atoms with Gasteiger partial charge in [0, 0.05) is 18.6 Å². The summed E-state index contributed by atoms with van der Waals surface area (Å²) in [6, 6.07) is 0.742. The molecule has 0 aromatic heterocycles. The van der Waals surface area contributed by atoms with Gasteiger partial charge in [0.05, 0.1) is 5.60 Å². The molecule has 3 N–H and O–H groups in total. The summed E-state index contributed by atoms with van der Waals surface area (Å²) < 4.78 is 0. The zero-order valence-corrected chi connectivity index (χ0v) is 9.66. The second kappa shape index (κ2) is 4.60. The van der Waals surface area contributed by atoms with E-state index in [1.54, 1.807) is 0 Å². The highest BCUT2D eigenvalue weighted by Gasteiger charge is 2.28. The van der Waals surface area contributed by atoms with E-state index in [0.29, 0.717) is 12.6 Å². The Morgan fingerprint density at radius 2 is 1.93 bits per heavy atom. The van der Waals surface area contributed by atoms with Gasteiger partial charge in [0.25, 0.3) is 0 Å². The van der Waals surface area contributed by atoms with Crippen molar-refractivity contribution in [2.45, 2.75) is 57.2 Å². The van der Waals surface area contributed by atoms with Crippen molar-refractivity contribution >= 4 is 0 Å². The third kappa shape index (κ3) is 3.56. The fourth-order valence-corrected chi connectivity index (χ4v) is 2.41. The average molecular weight is 200 g/mol. The average Bonchev–Trinajstić information content (AvgIpc) is 2.01. The summed E-state index contributed by atoms with van der Waals surface area (Å²) in [5, 5.41) is 9.72. The van der Waals surface area contributed by atoms with Crippen LogP contribution in [-0.4, -0.2) is 41.3 Å². The molecule has 2 atom stereocenters. The molecule has 0 aromatic carbocycles. The molecule has 14 heavy (non-hydrogen) atoms. The predicted molar refractivity (Wildman–Crippen MR) is 59.2 cm³/mol. The molecule has 1 aliphatic carbocycles. The van der Waals surface area contributed by atoms with E-state index in [9.17, 15) is 5.11 Å². The maximum atomic E-state index is 9.72. The van der Waals surface area contributed by atoms with Crippen molar-refractivity contribution in [3.05, 3.63) is 0 Å². The lowest BCUT2D eigenvalue weighted by molar-refractivity contribution is 0.0217. The summed E-state index contributed by atoms with van der Waals surface area (Å²) in [5.41, 5.74) is 5.46. The minimum absolute atomic E-state index is 0.288. The number of hydrogen-bond donors (Lipinski definition) is 2. The Morgan fingerprint density at radius 3 is 2.43 bits per heavy atom. The van der Waals surface area contributed by atoms with Crippen LogP contribution >= 0.6 is 0 Å². The van der Waals surface area contributed by atoms with Crippen molar-refractivity contribution in [1.82, 2.24) is 4.90 Å². The lowest BCUT2D eigenvalue weighted by Crippen LogP contribution is -2.51. The minimum Gasteiger partial charge on any atom is -0.389 e. The highest BCUT2D eigenvalue weighted by molar-refractivity contribution is 4.86. The van der Waals surface area contributed by atoms with Crippen LogP contribution in [0.4, 0.5) is 0 Å². The van der Waals surface area contributed by atoms with Gasteiger partial charge in [-0.1, -0.05) is 12.8 Å². The van der Waals surface area contributed by atoms with Gasteiger partial charge in [-0.15, -0.1) is 0 Å². The van der Waals surface area contributed by atoms with Crippen LogP contribution in [0.2, 0.25) is 0 Å². The summed E-state index contributed by atoms with van der Waals surface area (Å²) in [6.45, 7) is 4.39. The maximum Gasteiger partial charge on any atom is 0.0718 e. The van der Waals surface area contributed by atoms with Crippen LogP contribution in [0.3, 0.4) is 0 Å². The van der Waals surface area contributed by atoms with Gasteiger partial charge in [0.1, 0.15) is 0 Å². The number of aliphatic hydroxyl groups is 1. The first kappa shape index (κ1) is 12.0. The second-order valence-electron chi connectivity index (χ2n) is 5.24. The minimum atomic E-state index is -0.619. The SMILES string of the molecule is CN(CC(C)(C)O)C1CCCCC1N. The van der Waals surface area contributed by atoms with Gasteiger partial charge in [-0.3, -0.25) is 4.90 Å². The Bertz CT molecular complexity index is 177. The van der Waals surface area contributed by atoms with Crippen LogP contribution in [0.1, 0.15) is 39.5 Å². The van der Waals surface area contributed by atoms with Crippen molar-refractivity contribution < 1.29 is 5.11 Å². The summed E-state index contributed by atoms with van der Waals surface area (Å²) in [7, 11) is 2.06. The lowest BCUT2D eigenvalue weighted by atomic mass is 9.89. The molecule has 1 saturated carbocycles. The van der Waals surface area contributed by atoms with Crippen molar-refractivity contribution in [3.63, 3.8) is 0 Å². The van der Waals surface area contributed by atoms with Gasteiger partial charge >= 0.3 is 0 Å². The highest BCUT2D eigenvalue weighted by Crippen LogP contribution is 2.22. The molecule has 0 bridgehead atoms. The monoisotopic (exact) mass is 200 g/mol. The summed E-state index contributed by atoms with van der Waals surface area (Å²) in [6.07, 6.45) is 4.83. The van der Waals surface area contributed by atoms with Crippen LogP contribution in [0.25, 0.3) is 0 Å². The first-order chi connectivity index (χ1) is 6.40. The van der Waals surface area contributed by atoms with Crippen molar-refractivity contribution in [2.24, 2.45) is 5.73 Å². The van der Waals surface area contributed by atoms with Crippen molar-refractivity contribution in [1.29, 1.82) is 0 Å². The largest absolute Gasteiger partial charge is 0.389 e. The molecule has 0 aliphatic heterocycles. The van der Waals surface area contributed by atoms with Crippen molar-refractivity contribution in [2.75, 3.05) is 13.6 Å². The molecule has 1 rings (SSSR count). The van der Waals surface area contributed by atoms with Gasteiger partial charge in [0.15, 0.2) is 0 Å². The molecule has 0 heterocycles. The van der Waals surface area contributed by atoms with E-state index in [2.05, 4.69) is 11.9 Å². The third-order valence-corrected chi connectivity index (χ3v) is 2.98. The summed E-state index contributed by atoms with van der Waals surface area (Å²) in [5.74, 6) is 0. The standard InChI is InChI=1S/C11H24N2O/c1-11(2,14)8-13(3)10-7-5-4-6-9(10)12/h9-10,14H,4-8,12H2,1-3H3. The molecular formula is C11H24N2O. The van der Waals surface area contributed by atoms with Crippen LogP contribution < -0.4 is 5.73 Å². The van der Waals surface area contributed by atoms with E-state index < -0.39 is 5.60 Å². The molecule has 2 unspecified atom stereocenters. The zero-order valence-electron chi connectivity index (χ0n) is 9.66. The Balaban J connectivity index is 2.46. The number of nitrogens with zero attached hydrogens (tertiary/aromatic N) is 1. The van der Waals surface area contributed by atoms with Crippen LogP contribution in [0.5, 0.6) is 0 Å². The molecule has 3 heteroatoms. The molecule has 0 spiro atoms. The first-order valence-electron chi connectivity index (χ1n) is 5.58. The molecule has 1 fully saturated rings. The number of hydrogen-bond acceptors (Lipinski definition) is 3. The Labute approximate surface area is 87.3 Å². The van der Waals surface area contributed by atoms with E-state index in [-0.39, 0.29) is 6.04 Å². The van der Waals surface area contributed by atoms with E-state index in [1.807, 2.05) is 13.8 Å². The maximum absolute atomic E-state index is 9.72. The zero-order chi connectivity index (χ0) is 10.8. The molecule has 0 aromatic rings. The summed E-state index contributed by atoms with van der Waals surface area (Å²) in [4.78, 5) is 2.21. The normalized spacial score (nSPS) is 29.6. The molecular weight excluding hydrogens is 176 g/mol. The molecule has 1 aliphatic rings.